The van der Waals surface area contributed by atoms with Crippen molar-refractivity contribution in [3.05, 3.63) is 0 Å². The van der Waals surface area contributed by atoms with Gasteiger partial charge >= 0.3 is 12.0 Å². The van der Waals surface area contributed by atoms with Crippen molar-refractivity contribution in [3.63, 3.8) is 0 Å². The van der Waals surface area contributed by atoms with Gasteiger partial charge in [0, 0.05) is 26.2 Å². The predicted molar refractivity (Wildman–Crippen MR) is 65.4 cm³/mol. The Morgan fingerprint density at radius 1 is 1.33 bits per heavy atom. The molecule has 0 aliphatic carbocycles. The number of carbonyl (C=O) groups is 2. The topological polar surface area (TPSA) is 108 Å². The summed E-state index contributed by atoms with van der Waals surface area (Å²) in [5.74, 6) is -1.17. The van der Waals surface area contributed by atoms with E-state index in [1.807, 2.05) is 0 Å². The third kappa shape index (κ3) is 8.77. The summed E-state index contributed by atoms with van der Waals surface area (Å²) in [6, 6.07) is -1.65. The van der Waals surface area contributed by atoms with Crippen LogP contribution in [0.25, 0.3) is 0 Å². The molecule has 2 amide bonds. The van der Waals surface area contributed by atoms with Crippen molar-refractivity contribution in [3.8, 4) is 0 Å². The SMILES string of the molecule is CCCCOCCNC(=O)N[C@@H](CCO)C(=O)O. The average Bonchev–Trinajstić information content (AvgIpc) is 2.33. The molecular formula is C11H22N2O5. The van der Waals surface area contributed by atoms with Crippen LogP contribution in [0.3, 0.4) is 0 Å². The van der Waals surface area contributed by atoms with Gasteiger partial charge in [-0.3, -0.25) is 0 Å². The van der Waals surface area contributed by atoms with E-state index in [4.69, 9.17) is 14.9 Å². The molecule has 0 aromatic rings. The van der Waals surface area contributed by atoms with Crippen LogP contribution < -0.4 is 10.6 Å². The lowest BCUT2D eigenvalue weighted by molar-refractivity contribution is -0.139. The van der Waals surface area contributed by atoms with Crippen LogP contribution in [-0.4, -0.2) is 54.6 Å². The van der Waals surface area contributed by atoms with Crippen molar-refractivity contribution in [2.75, 3.05) is 26.4 Å². The van der Waals surface area contributed by atoms with E-state index in [1.54, 1.807) is 0 Å². The van der Waals surface area contributed by atoms with E-state index in [2.05, 4.69) is 17.6 Å². The van der Waals surface area contributed by atoms with Gasteiger partial charge in [0.25, 0.3) is 0 Å². The number of aliphatic hydroxyl groups is 1. The third-order valence-corrected chi connectivity index (χ3v) is 2.20. The highest BCUT2D eigenvalue weighted by molar-refractivity contribution is 5.82. The van der Waals surface area contributed by atoms with Crippen LogP contribution in [0, 0.1) is 0 Å². The molecule has 0 saturated heterocycles. The average molecular weight is 262 g/mol. The van der Waals surface area contributed by atoms with Crippen LogP contribution in [0.1, 0.15) is 26.2 Å². The van der Waals surface area contributed by atoms with E-state index in [1.165, 1.54) is 0 Å². The highest BCUT2D eigenvalue weighted by Crippen LogP contribution is 1.91. The minimum atomic E-state index is -1.17. The van der Waals surface area contributed by atoms with Crippen LogP contribution in [0.15, 0.2) is 0 Å². The van der Waals surface area contributed by atoms with Crippen molar-refractivity contribution >= 4 is 12.0 Å². The zero-order chi connectivity index (χ0) is 13.8. The second-order valence-electron chi connectivity index (χ2n) is 3.77. The lowest BCUT2D eigenvalue weighted by Crippen LogP contribution is -2.47. The van der Waals surface area contributed by atoms with E-state index in [9.17, 15) is 9.59 Å². The molecule has 4 N–H and O–H groups in total. The minimum Gasteiger partial charge on any atom is -0.480 e. The fourth-order valence-corrected chi connectivity index (χ4v) is 1.18. The van der Waals surface area contributed by atoms with Crippen LogP contribution in [-0.2, 0) is 9.53 Å². The molecule has 7 heteroatoms. The Morgan fingerprint density at radius 3 is 2.61 bits per heavy atom. The monoisotopic (exact) mass is 262 g/mol. The van der Waals surface area contributed by atoms with Gasteiger partial charge < -0.3 is 25.6 Å². The zero-order valence-electron chi connectivity index (χ0n) is 10.6. The molecule has 0 spiro atoms. The van der Waals surface area contributed by atoms with Gasteiger partial charge in [-0.25, -0.2) is 9.59 Å². The van der Waals surface area contributed by atoms with E-state index in [0.29, 0.717) is 19.8 Å². The first-order valence-electron chi connectivity index (χ1n) is 6.07. The Kier molecular flexibility index (Phi) is 9.99. The van der Waals surface area contributed by atoms with Crippen molar-refractivity contribution < 1.29 is 24.5 Å². The number of unbranched alkanes of at least 4 members (excludes halogenated alkanes) is 1. The number of hydrogen-bond donors (Lipinski definition) is 4. The van der Waals surface area contributed by atoms with Gasteiger partial charge in [0.05, 0.1) is 6.61 Å². The Balaban J connectivity index is 3.65. The second kappa shape index (κ2) is 10.8. The highest BCUT2D eigenvalue weighted by Gasteiger charge is 2.18. The number of carboxylic acids is 1. The first kappa shape index (κ1) is 16.7. The van der Waals surface area contributed by atoms with Crippen molar-refractivity contribution in [2.45, 2.75) is 32.2 Å². The Bertz CT molecular complexity index is 248. The van der Waals surface area contributed by atoms with Gasteiger partial charge in [0.2, 0.25) is 0 Å². The van der Waals surface area contributed by atoms with Gasteiger partial charge in [0.1, 0.15) is 6.04 Å². The number of ether oxygens (including phenoxy) is 1. The van der Waals surface area contributed by atoms with Crippen molar-refractivity contribution in [1.82, 2.24) is 10.6 Å². The minimum absolute atomic E-state index is 0.0181. The number of amides is 2. The van der Waals surface area contributed by atoms with Gasteiger partial charge in [-0.1, -0.05) is 13.3 Å². The number of rotatable bonds is 10. The first-order valence-corrected chi connectivity index (χ1v) is 6.07. The molecule has 0 rings (SSSR count). The molecule has 0 unspecified atom stereocenters. The van der Waals surface area contributed by atoms with Crippen LogP contribution in [0.5, 0.6) is 0 Å². The fourth-order valence-electron chi connectivity index (χ4n) is 1.18. The highest BCUT2D eigenvalue weighted by atomic mass is 16.5. The molecule has 1 atom stereocenters. The molecule has 0 aromatic carbocycles. The number of nitrogens with one attached hydrogen (secondary N) is 2. The number of aliphatic hydroxyl groups excluding tert-OH is 1. The van der Waals surface area contributed by atoms with Crippen molar-refractivity contribution in [1.29, 1.82) is 0 Å². The van der Waals surface area contributed by atoms with Gasteiger partial charge in [0.15, 0.2) is 0 Å². The van der Waals surface area contributed by atoms with Gasteiger partial charge in [-0.15, -0.1) is 0 Å². The number of hydrogen-bond acceptors (Lipinski definition) is 4. The molecule has 0 saturated carbocycles. The molecule has 0 heterocycles. The number of carbonyl (C=O) groups excluding carboxylic acids is 1. The summed E-state index contributed by atoms with van der Waals surface area (Å²) in [6.45, 7) is 3.13. The standard InChI is InChI=1S/C11H22N2O5/c1-2-3-7-18-8-5-12-11(17)13-9(4-6-14)10(15)16/h9,14H,2-8H2,1H3,(H,15,16)(H2,12,13,17)/t9-/m0/s1. The van der Waals surface area contributed by atoms with Gasteiger partial charge in [-0.05, 0) is 6.42 Å². The summed E-state index contributed by atoms with van der Waals surface area (Å²) in [5.41, 5.74) is 0. The normalized spacial score (nSPS) is 11.9. The van der Waals surface area contributed by atoms with Crippen LogP contribution in [0.4, 0.5) is 4.79 Å². The predicted octanol–water partition coefficient (Wildman–Crippen LogP) is -0.0621. The summed E-state index contributed by atoms with van der Waals surface area (Å²) < 4.78 is 5.23. The molecule has 0 aromatic heterocycles. The maximum atomic E-state index is 11.3. The molecule has 0 radical (unpaired) electrons. The Morgan fingerprint density at radius 2 is 2.06 bits per heavy atom. The van der Waals surface area contributed by atoms with E-state index in [0.717, 1.165) is 12.8 Å². The molecule has 0 aliphatic heterocycles. The second-order valence-corrected chi connectivity index (χ2v) is 3.77. The summed E-state index contributed by atoms with van der Waals surface area (Å²) in [7, 11) is 0. The van der Waals surface area contributed by atoms with E-state index in [-0.39, 0.29) is 13.0 Å². The number of urea groups is 1. The van der Waals surface area contributed by atoms with Gasteiger partial charge in [-0.2, -0.15) is 0 Å². The maximum Gasteiger partial charge on any atom is 0.326 e. The largest absolute Gasteiger partial charge is 0.480 e. The molecule has 18 heavy (non-hydrogen) atoms. The third-order valence-electron chi connectivity index (χ3n) is 2.20. The molecule has 0 aliphatic rings. The summed E-state index contributed by atoms with van der Waals surface area (Å²) in [6.07, 6.45) is 2.01. The molecule has 0 fully saturated rings. The smallest absolute Gasteiger partial charge is 0.326 e. The van der Waals surface area contributed by atoms with E-state index >= 15 is 0 Å². The lowest BCUT2D eigenvalue weighted by atomic mass is 10.2. The summed E-state index contributed by atoms with van der Waals surface area (Å²) in [4.78, 5) is 22.0. The first-order chi connectivity index (χ1) is 8.61. The zero-order valence-corrected chi connectivity index (χ0v) is 10.6. The van der Waals surface area contributed by atoms with Crippen LogP contribution in [0.2, 0.25) is 0 Å². The fraction of sp³-hybridized carbons (Fsp3) is 0.818. The maximum absolute atomic E-state index is 11.3. The number of carboxylic acid groups (broad SMARTS) is 1. The van der Waals surface area contributed by atoms with Crippen LogP contribution >= 0.6 is 0 Å². The molecule has 0 bridgehead atoms. The quantitative estimate of drug-likeness (QED) is 0.412. The Hall–Kier alpha value is -1.34. The molecular weight excluding hydrogens is 240 g/mol. The van der Waals surface area contributed by atoms with E-state index < -0.39 is 18.0 Å². The number of aliphatic carboxylic acids is 1. The Labute approximate surface area is 107 Å². The lowest BCUT2D eigenvalue weighted by Gasteiger charge is -2.13. The molecule has 106 valence electrons. The van der Waals surface area contributed by atoms with Crippen molar-refractivity contribution in [2.24, 2.45) is 0 Å². The molecule has 7 nitrogen and oxygen atoms in total. The summed E-state index contributed by atoms with van der Waals surface area (Å²) >= 11 is 0. The summed E-state index contributed by atoms with van der Waals surface area (Å²) in [5, 5.41) is 22.1.